The molecule has 134 valence electrons. The van der Waals surface area contributed by atoms with Crippen molar-refractivity contribution in [1.82, 2.24) is 19.8 Å². The van der Waals surface area contributed by atoms with Crippen molar-refractivity contribution < 1.29 is 4.79 Å². The van der Waals surface area contributed by atoms with Gasteiger partial charge in [0.2, 0.25) is 0 Å². The maximum Gasteiger partial charge on any atom is 0.278 e. The van der Waals surface area contributed by atoms with Gasteiger partial charge in [-0.05, 0) is 38.0 Å². The summed E-state index contributed by atoms with van der Waals surface area (Å²) < 4.78 is 1.69. The van der Waals surface area contributed by atoms with Crippen LogP contribution in [0.3, 0.4) is 0 Å². The van der Waals surface area contributed by atoms with Crippen LogP contribution in [0.25, 0.3) is 16.8 Å². The van der Waals surface area contributed by atoms with E-state index in [4.69, 9.17) is 0 Å². The third-order valence-corrected chi connectivity index (χ3v) is 4.61. The van der Waals surface area contributed by atoms with E-state index in [-0.39, 0.29) is 11.6 Å². The van der Waals surface area contributed by atoms with Gasteiger partial charge in [0.05, 0.1) is 17.0 Å². The van der Waals surface area contributed by atoms with E-state index in [1.54, 1.807) is 4.52 Å². The van der Waals surface area contributed by atoms with E-state index >= 15 is 0 Å². The molecule has 0 spiro atoms. The first-order valence-corrected chi connectivity index (χ1v) is 8.71. The van der Waals surface area contributed by atoms with E-state index in [0.717, 1.165) is 28.1 Å². The van der Waals surface area contributed by atoms with Gasteiger partial charge in [-0.2, -0.15) is 5.10 Å². The average Bonchev–Trinajstić information content (AvgIpc) is 3.01. The second-order valence-corrected chi connectivity index (χ2v) is 6.46. The van der Waals surface area contributed by atoms with Crippen molar-refractivity contribution in [3.63, 3.8) is 0 Å². The number of nitrogens with zero attached hydrogens (tertiary/aromatic N) is 4. The maximum atomic E-state index is 12.7. The van der Waals surface area contributed by atoms with E-state index in [2.05, 4.69) is 20.6 Å². The molecule has 0 atom stereocenters. The number of hydrogen-bond acceptors (Lipinski definition) is 4. The van der Waals surface area contributed by atoms with Crippen LogP contribution >= 0.6 is 0 Å². The largest absolute Gasteiger partial charge is 0.320 e. The Morgan fingerprint density at radius 3 is 2.37 bits per heavy atom. The Kier molecular flexibility index (Phi) is 4.16. The molecule has 27 heavy (non-hydrogen) atoms. The molecule has 0 bridgehead atoms. The van der Waals surface area contributed by atoms with Gasteiger partial charge in [0.15, 0.2) is 11.3 Å². The lowest BCUT2D eigenvalue weighted by atomic mass is 10.1. The van der Waals surface area contributed by atoms with Gasteiger partial charge in [-0.15, -0.1) is 10.2 Å². The molecule has 2 heterocycles. The molecule has 0 aliphatic rings. The number of aryl methyl sites for hydroxylation is 3. The number of anilines is 1. The van der Waals surface area contributed by atoms with Gasteiger partial charge >= 0.3 is 0 Å². The molecule has 6 nitrogen and oxygen atoms in total. The summed E-state index contributed by atoms with van der Waals surface area (Å²) in [4.78, 5) is 12.7. The summed E-state index contributed by atoms with van der Waals surface area (Å²) in [7, 11) is 0. The van der Waals surface area contributed by atoms with Crippen molar-refractivity contribution in [3.8, 4) is 11.1 Å². The molecule has 0 radical (unpaired) electrons. The lowest BCUT2D eigenvalue weighted by Gasteiger charge is -2.09. The zero-order valence-electron chi connectivity index (χ0n) is 15.4. The number of nitrogens with one attached hydrogen (secondary N) is 1. The standard InChI is InChI=1S/C21H19N5O/c1-13-9-7-8-12-17(13)22-21(27)19-15(3)26-20(24-23-19)18(14(2)25-26)16-10-5-4-6-11-16/h4-12H,1-3H3,(H,22,27). The molecule has 1 N–H and O–H groups in total. The quantitative estimate of drug-likeness (QED) is 0.602. The highest BCUT2D eigenvalue weighted by molar-refractivity contribution is 6.04. The SMILES string of the molecule is Cc1ccccc1NC(=O)c1nnc2c(-c3ccccc3)c(C)nn2c1C. The Bertz CT molecular complexity index is 1150. The second-order valence-electron chi connectivity index (χ2n) is 6.46. The molecule has 0 fully saturated rings. The van der Waals surface area contributed by atoms with Crippen LogP contribution in [0.5, 0.6) is 0 Å². The fourth-order valence-electron chi connectivity index (χ4n) is 3.16. The highest BCUT2D eigenvalue weighted by Crippen LogP contribution is 2.27. The van der Waals surface area contributed by atoms with Crippen LogP contribution in [0.1, 0.15) is 27.4 Å². The van der Waals surface area contributed by atoms with Gasteiger partial charge < -0.3 is 5.32 Å². The first-order chi connectivity index (χ1) is 13.1. The minimum Gasteiger partial charge on any atom is -0.320 e. The number of hydrogen-bond donors (Lipinski definition) is 1. The van der Waals surface area contributed by atoms with Crippen molar-refractivity contribution in [2.24, 2.45) is 0 Å². The summed E-state index contributed by atoms with van der Waals surface area (Å²) in [6.45, 7) is 5.71. The Balaban J connectivity index is 1.77. The molecule has 0 aliphatic carbocycles. The molecule has 4 aromatic rings. The van der Waals surface area contributed by atoms with Crippen molar-refractivity contribution in [2.75, 3.05) is 5.32 Å². The number of rotatable bonds is 3. The van der Waals surface area contributed by atoms with Crippen LogP contribution < -0.4 is 5.32 Å². The van der Waals surface area contributed by atoms with Gasteiger partial charge in [0.25, 0.3) is 5.91 Å². The molecule has 0 unspecified atom stereocenters. The summed E-state index contributed by atoms with van der Waals surface area (Å²) in [6.07, 6.45) is 0. The Morgan fingerprint density at radius 2 is 1.63 bits per heavy atom. The molecule has 2 aromatic carbocycles. The third kappa shape index (κ3) is 2.95. The van der Waals surface area contributed by atoms with Crippen LogP contribution in [0.15, 0.2) is 54.6 Å². The number of carbonyl (C=O) groups is 1. The van der Waals surface area contributed by atoms with Crippen molar-refractivity contribution in [2.45, 2.75) is 20.8 Å². The fraction of sp³-hybridized carbons (Fsp3) is 0.143. The maximum absolute atomic E-state index is 12.7. The second kappa shape index (κ2) is 6.64. The predicted molar refractivity (Wildman–Crippen MR) is 105 cm³/mol. The normalized spacial score (nSPS) is 10.9. The molecule has 0 saturated heterocycles. The summed E-state index contributed by atoms with van der Waals surface area (Å²) in [5.74, 6) is -0.300. The molecular formula is C21H19N5O. The predicted octanol–water partition coefficient (Wildman–Crippen LogP) is 3.97. The molecular weight excluding hydrogens is 338 g/mol. The topological polar surface area (TPSA) is 72.2 Å². The van der Waals surface area contributed by atoms with Crippen LogP contribution in [0, 0.1) is 20.8 Å². The highest BCUT2D eigenvalue weighted by Gasteiger charge is 2.20. The minimum atomic E-state index is -0.300. The number of para-hydroxylation sites is 1. The summed E-state index contributed by atoms with van der Waals surface area (Å²) >= 11 is 0. The van der Waals surface area contributed by atoms with Gasteiger partial charge in [0.1, 0.15) is 0 Å². The van der Waals surface area contributed by atoms with Crippen molar-refractivity contribution in [1.29, 1.82) is 0 Å². The number of carbonyl (C=O) groups excluding carboxylic acids is 1. The number of amides is 1. The van der Waals surface area contributed by atoms with E-state index < -0.39 is 0 Å². The Labute approximate surface area is 156 Å². The monoisotopic (exact) mass is 357 g/mol. The van der Waals surface area contributed by atoms with Gasteiger partial charge in [-0.1, -0.05) is 48.5 Å². The van der Waals surface area contributed by atoms with Crippen LogP contribution in [-0.4, -0.2) is 25.7 Å². The van der Waals surface area contributed by atoms with E-state index in [9.17, 15) is 4.79 Å². The Morgan fingerprint density at radius 1 is 0.926 bits per heavy atom. The van der Waals surface area contributed by atoms with Gasteiger partial charge in [-0.3, -0.25) is 4.79 Å². The zero-order valence-corrected chi connectivity index (χ0v) is 15.4. The Hall–Kier alpha value is -3.54. The van der Waals surface area contributed by atoms with Crippen LogP contribution in [0.4, 0.5) is 5.69 Å². The molecule has 0 saturated carbocycles. The zero-order chi connectivity index (χ0) is 19.0. The van der Waals surface area contributed by atoms with Gasteiger partial charge in [0, 0.05) is 5.69 Å². The number of benzene rings is 2. The number of aromatic nitrogens is 4. The number of fused-ring (bicyclic) bond motifs is 1. The molecule has 6 heteroatoms. The van der Waals surface area contributed by atoms with Crippen LogP contribution in [-0.2, 0) is 0 Å². The molecule has 1 amide bonds. The van der Waals surface area contributed by atoms with E-state index in [1.165, 1.54) is 0 Å². The smallest absolute Gasteiger partial charge is 0.278 e. The van der Waals surface area contributed by atoms with E-state index in [0.29, 0.717) is 11.3 Å². The third-order valence-electron chi connectivity index (χ3n) is 4.61. The van der Waals surface area contributed by atoms with Crippen molar-refractivity contribution in [3.05, 3.63) is 77.2 Å². The average molecular weight is 357 g/mol. The molecule has 0 aliphatic heterocycles. The van der Waals surface area contributed by atoms with Crippen LogP contribution in [0.2, 0.25) is 0 Å². The lowest BCUT2D eigenvalue weighted by Crippen LogP contribution is -2.19. The fourth-order valence-corrected chi connectivity index (χ4v) is 3.16. The van der Waals surface area contributed by atoms with Crippen molar-refractivity contribution >= 4 is 17.2 Å². The first-order valence-electron chi connectivity index (χ1n) is 8.71. The lowest BCUT2D eigenvalue weighted by molar-refractivity contribution is 0.102. The minimum absolute atomic E-state index is 0.257. The van der Waals surface area contributed by atoms with Gasteiger partial charge in [-0.25, -0.2) is 4.52 Å². The first kappa shape index (κ1) is 16.9. The summed E-state index contributed by atoms with van der Waals surface area (Å²) in [5, 5.41) is 16.0. The summed E-state index contributed by atoms with van der Waals surface area (Å²) in [6, 6.07) is 17.6. The highest BCUT2D eigenvalue weighted by atomic mass is 16.2. The van der Waals surface area contributed by atoms with E-state index in [1.807, 2.05) is 75.4 Å². The summed E-state index contributed by atoms with van der Waals surface area (Å²) in [5.41, 5.74) is 6.08. The molecule has 4 rings (SSSR count). The molecule has 2 aromatic heterocycles.